The van der Waals surface area contributed by atoms with Crippen molar-refractivity contribution in [2.24, 2.45) is 0 Å². The van der Waals surface area contributed by atoms with Gasteiger partial charge >= 0.3 is 0 Å². The van der Waals surface area contributed by atoms with Crippen LogP contribution in [-0.2, 0) is 9.53 Å². The van der Waals surface area contributed by atoms with Gasteiger partial charge in [0.1, 0.15) is 6.04 Å². The molecule has 1 fully saturated rings. The molecule has 2 unspecified atom stereocenters. The van der Waals surface area contributed by atoms with Crippen molar-refractivity contribution in [3.05, 3.63) is 22.2 Å². The van der Waals surface area contributed by atoms with Crippen LogP contribution in [0.3, 0.4) is 0 Å². The van der Waals surface area contributed by atoms with Crippen molar-refractivity contribution >= 4 is 33.2 Å². The summed E-state index contributed by atoms with van der Waals surface area (Å²) in [7, 11) is 1.80. The van der Waals surface area contributed by atoms with Gasteiger partial charge in [-0.2, -0.15) is 0 Å². The first kappa shape index (κ1) is 14.8. The molecule has 2 aliphatic heterocycles. The average Bonchev–Trinajstić information content (AvgIpc) is 2.60. The van der Waals surface area contributed by atoms with Gasteiger partial charge in [-0.1, -0.05) is 0 Å². The Morgan fingerprint density at radius 1 is 1.48 bits per heavy atom. The minimum atomic E-state index is -0.267. The van der Waals surface area contributed by atoms with E-state index in [9.17, 15) is 4.79 Å². The second kappa shape index (κ2) is 5.94. The van der Waals surface area contributed by atoms with E-state index >= 15 is 0 Å². The van der Waals surface area contributed by atoms with Crippen LogP contribution in [0.25, 0.3) is 0 Å². The Balaban J connectivity index is 1.94. The third-order valence-corrected chi connectivity index (χ3v) is 4.67. The number of nitrogens with zero attached hydrogens (tertiary/aromatic N) is 1. The predicted molar refractivity (Wildman–Crippen MR) is 86.8 cm³/mol. The minimum Gasteiger partial charge on any atom is -0.377 e. The van der Waals surface area contributed by atoms with Crippen LogP contribution in [0.2, 0.25) is 0 Å². The van der Waals surface area contributed by atoms with Crippen molar-refractivity contribution in [3.8, 4) is 0 Å². The highest BCUT2D eigenvalue weighted by atomic mass is 79.9. The van der Waals surface area contributed by atoms with Gasteiger partial charge in [-0.25, -0.2) is 0 Å². The number of ether oxygens (including phenoxy) is 1. The van der Waals surface area contributed by atoms with Crippen LogP contribution in [-0.4, -0.2) is 38.8 Å². The summed E-state index contributed by atoms with van der Waals surface area (Å²) in [6, 6.07) is 3.84. The van der Waals surface area contributed by atoms with Gasteiger partial charge in [0.15, 0.2) is 0 Å². The highest BCUT2D eigenvalue weighted by Gasteiger charge is 2.31. The number of hydrogen-bond donors (Lipinski definition) is 2. The molecule has 0 aromatic heterocycles. The van der Waals surface area contributed by atoms with E-state index in [-0.39, 0.29) is 18.1 Å². The molecule has 0 bridgehead atoms. The lowest BCUT2D eigenvalue weighted by atomic mass is 10.1. The molecule has 2 N–H and O–H groups in total. The summed E-state index contributed by atoms with van der Waals surface area (Å²) in [5.74, 6) is 0.00381. The molecule has 1 saturated heterocycles. The third kappa shape index (κ3) is 2.80. The van der Waals surface area contributed by atoms with Gasteiger partial charge in [-0.15, -0.1) is 0 Å². The van der Waals surface area contributed by atoms with Crippen LogP contribution in [0.1, 0.15) is 24.9 Å². The Bertz CT molecular complexity index is 564. The summed E-state index contributed by atoms with van der Waals surface area (Å²) in [6.45, 7) is 4.73. The SMILES string of the molecule is CNC1C(=O)Nc2cc(N3CCCOC(C)C3)c(Br)cc21. The molecule has 21 heavy (non-hydrogen) atoms. The van der Waals surface area contributed by atoms with E-state index < -0.39 is 0 Å². The molecule has 0 aliphatic carbocycles. The Morgan fingerprint density at radius 2 is 2.29 bits per heavy atom. The van der Waals surface area contributed by atoms with Gasteiger partial charge in [-0.3, -0.25) is 4.79 Å². The van der Waals surface area contributed by atoms with Gasteiger partial charge < -0.3 is 20.3 Å². The number of hydrogen-bond acceptors (Lipinski definition) is 4. The average molecular weight is 354 g/mol. The molecule has 2 aliphatic rings. The van der Waals surface area contributed by atoms with E-state index in [2.05, 4.69) is 44.5 Å². The third-order valence-electron chi connectivity index (χ3n) is 4.03. The van der Waals surface area contributed by atoms with Gasteiger partial charge in [0.25, 0.3) is 0 Å². The molecule has 2 atom stereocenters. The first-order chi connectivity index (χ1) is 10.1. The highest BCUT2D eigenvalue weighted by molar-refractivity contribution is 9.10. The smallest absolute Gasteiger partial charge is 0.246 e. The Hall–Kier alpha value is -1.11. The van der Waals surface area contributed by atoms with E-state index in [1.807, 2.05) is 6.07 Å². The summed E-state index contributed by atoms with van der Waals surface area (Å²) in [5.41, 5.74) is 3.01. The largest absolute Gasteiger partial charge is 0.377 e. The maximum Gasteiger partial charge on any atom is 0.246 e. The first-order valence-electron chi connectivity index (χ1n) is 7.28. The molecule has 114 valence electrons. The number of nitrogens with one attached hydrogen (secondary N) is 2. The molecule has 0 saturated carbocycles. The summed E-state index contributed by atoms with van der Waals surface area (Å²) >= 11 is 3.66. The first-order valence-corrected chi connectivity index (χ1v) is 8.07. The van der Waals surface area contributed by atoms with E-state index in [0.29, 0.717) is 0 Å². The molecule has 0 radical (unpaired) electrons. The number of carbonyl (C=O) groups excluding carboxylic acids is 1. The zero-order valence-corrected chi connectivity index (χ0v) is 13.9. The molecule has 1 aromatic rings. The van der Waals surface area contributed by atoms with E-state index in [1.54, 1.807) is 7.05 Å². The maximum absolute atomic E-state index is 11.9. The standard InChI is InChI=1S/C15H20BrN3O2/c1-9-8-19(4-3-5-21-9)13-7-12-10(6-11(13)16)14(17-2)15(20)18-12/h6-7,9,14,17H,3-5,8H2,1-2H3,(H,18,20). The summed E-state index contributed by atoms with van der Waals surface area (Å²) < 4.78 is 6.72. The summed E-state index contributed by atoms with van der Waals surface area (Å²) in [6.07, 6.45) is 1.23. The summed E-state index contributed by atoms with van der Waals surface area (Å²) in [4.78, 5) is 14.3. The zero-order valence-electron chi connectivity index (χ0n) is 12.3. The molecule has 3 rings (SSSR count). The lowest BCUT2D eigenvalue weighted by Gasteiger charge is -2.26. The fourth-order valence-electron chi connectivity index (χ4n) is 3.01. The number of benzene rings is 1. The normalized spacial score (nSPS) is 25.5. The quantitative estimate of drug-likeness (QED) is 0.856. The van der Waals surface area contributed by atoms with Gasteiger partial charge in [0, 0.05) is 35.4 Å². The maximum atomic E-state index is 11.9. The van der Waals surface area contributed by atoms with Crippen molar-refractivity contribution < 1.29 is 9.53 Å². The van der Waals surface area contributed by atoms with Crippen LogP contribution in [0.5, 0.6) is 0 Å². The highest BCUT2D eigenvalue weighted by Crippen LogP contribution is 2.39. The fraction of sp³-hybridized carbons (Fsp3) is 0.533. The second-order valence-electron chi connectivity index (χ2n) is 5.58. The Labute approximate surface area is 133 Å². The topological polar surface area (TPSA) is 53.6 Å². The molecule has 0 spiro atoms. The van der Waals surface area contributed by atoms with Crippen LogP contribution in [0, 0.1) is 0 Å². The summed E-state index contributed by atoms with van der Waals surface area (Å²) in [5, 5.41) is 6.00. The minimum absolute atomic E-state index is 0.00381. The van der Waals surface area contributed by atoms with Crippen LogP contribution >= 0.6 is 15.9 Å². The number of carbonyl (C=O) groups is 1. The molecular weight excluding hydrogens is 334 g/mol. The van der Waals surface area contributed by atoms with Crippen molar-refractivity contribution in [3.63, 3.8) is 0 Å². The molecule has 6 heteroatoms. The Morgan fingerprint density at radius 3 is 3.05 bits per heavy atom. The van der Waals surface area contributed by atoms with E-state index in [1.165, 1.54) is 0 Å². The van der Waals surface area contributed by atoms with Gasteiger partial charge in [0.2, 0.25) is 5.91 Å². The number of likely N-dealkylation sites (N-methyl/N-ethyl adjacent to an activating group) is 1. The molecular formula is C15H20BrN3O2. The fourth-order valence-corrected chi connectivity index (χ4v) is 3.62. The number of fused-ring (bicyclic) bond motifs is 1. The van der Waals surface area contributed by atoms with Crippen molar-refractivity contribution in [1.82, 2.24) is 5.32 Å². The molecule has 1 amide bonds. The zero-order chi connectivity index (χ0) is 15.0. The van der Waals surface area contributed by atoms with Crippen molar-refractivity contribution in [1.29, 1.82) is 0 Å². The second-order valence-corrected chi connectivity index (χ2v) is 6.44. The van der Waals surface area contributed by atoms with E-state index in [4.69, 9.17) is 4.74 Å². The van der Waals surface area contributed by atoms with Gasteiger partial charge in [-0.05, 0) is 48.5 Å². The molecule has 2 heterocycles. The number of amides is 1. The van der Waals surface area contributed by atoms with Crippen LogP contribution in [0.15, 0.2) is 16.6 Å². The van der Waals surface area contributed by atoms with E-state index in [0.717, 1.165) is 47.5 Å². The monoisotopic (exact) mass is 353 g/mol. The number of rotatable bonds is 2. The lowest BCUT2D eigenvalue weighted by Crippen LogP contribution is -2.30. The van der Waals surface area contributed by atoms with Crippen molar-refractivity contribution in [2.45, 2.75) is 25.5 Å². The predicted octanol–water partition coefficient (Wildman–Crippen LogP) is 2.28. The Kier molecular flexibility index (Phi) is 4.19. The number of halogens is 1. The van der Waals surface area contributed by atoms with Crippen molar-refractivity contribution in [2.75, 3.05) is 37.0 Å². The number of anilines is 2. The van der Waals surface area contributed by atoms with Gasteiger partial charge in [0.05, 0.1) is 11.8 Å². The van der Waals surface area contributed by atoms with Crippen LogP contribution < -0.4 is 15.5 Å². The lowest BCUT2D eigenvalue weighted by molar-refractivity contribution is -0.117. The molecule has 1 aromatic carbocycles. The van der Waals surface area contributed by atoms with Crippen LogP contribution in [0.4, 0.5) is 11.4 Å². The molecule has 5 nitrogen and oxygen atoms in total.